The van der Waals surface area contributed by atoms with E-state index in [9.17, 15) is 4.79 Å². The molecule has 0 aromatic carbocycles. The van der Waals surface area contributed by atoms with Crippen LogP contribution in [-0.2, 0) is 0 Å². The second-order valence-electron chi connectivity index (χ2n) is 5.58. The van der Waals surface area contributed by atoms with E-state index in [4.69, 9.17) is 0 Å². The molecule has 20 heavy (non-hydrogen) atoms. The van der Waals surface area contributed by atoms with Gasteiger partial charge in [-0.2, -0.15) is 0 Å². The van der Waals surface area contributed by atoms with E-state index in [1.165, 1.54) is 32.4 Å². The number of Topliss-reactive ketones (excluding diaryl/α,β-unsaturated/α-hetero) is 1. The molecule has 2 aliphatic heterocycles. The number of carbonyl (C=O) groups excluding carboxylic acids is 1. The van der Waals surface area contributed by atoms with Gasteiger partial charge in [0.2, 0.25) is 0 Å². The van der Waals surface area contributed by atoms with Crippen LogP contribution in [0.2, 0.25) is 0 Å². The summed E-state index contributed by atoms with van der Waals surface area (Å²) in [4.78, 5) is 17.4. The van der Waals surface area contributed by atoms with Gasteiger partial charge in [0.15, 0.2) is 5.78 Å². The summed E-state index contributed by atoms with van der Waals surface area (Å²) in [5.74, 6) is 0.227. The quantitative estimate of drug-likeness (QED) is 0.696. The Balaban J connectivity index is 1.64. The average molecular weight is 422 g/mol. The van der Waals surface area contributed by atoms with Gasteiger partial charge < -0.3 is 0 Å². The Morgan fingerprint density at radius 3 is 2.85 bits per heavy atom. The Morgan fingerprint density at radius 2 is 2.10 bits per heavy atom. The summed E-state index contributed by atoms with van der Waals surface area (Å²) in [6, 6.07) is 2.60. The minimum Gasteiger partial charge on any atom is -0.299 e. The molecule has 110 valence electrons. The molecule has 0 aliphatic carbocycles. The van der Waals surface area contributed by atoms with Crippen LogP contribution >= 0.6 is 43.2 Å². The van der Waals surface area contributed by atoms with Crippen molar-refractivity contribution < 1.29 is 4.79 Å². The summed E-state index contributed by atoms with van der Waals surface area (Å²) < 4.78 is 1.94. The molecule has 1 aromatic heterocycles. The predicted octanol–water partition coefficient (Wildman–Crippen LogP) is 3.63. The summed E-state index contributed by atoms with van der Waals surface area (Å²) in [7, 11) is 0. The smallest absolute Gasteiger partial charge is 0.178 e. The van der Waals surface area contributed by atoms with Crippen molar-refractivity contribution in [1.29, 1.82) is 0 Å². The molecule has 0 spiro atoms. The zero-order valence-corrected chi connectivity index (χ0v) is 15.3. The van der Waals surface area contributed by atoms with Gasteiger partial charge in [0.25, 0.3) is 0 Å². The van der Waals surface area contributed by atoms with Crippen LogP contribution in [0.25, 0.3) is 0 Å². The third kappa shape index (κ3) is 3.35. The third-order valence-corrected chi connectivity index (χ3v) is 6.55. The lowest BCUT2D eigenvalue weighted by atomic mass is 10.2. The van der Waals surface area contributed by atoms with Crippen LogP contribution in [-0.4, -0.2) is 54.3 Å². The van der Waals surface area contributed by atoms with Gasteiger partial charge in [-0.3, -0.25) is 14.6 Å². The maximum atomic E-state index is 12.5. The maximum absolute atomic E-state index is 12.5. The van der Waals surface area contributed by atoms with E-state index in [0.717, 1.165) is 26.2 Å². The van der Waals surface area contributed by atoms with E-state index in [2.05, 4.69) is 41.7 Å². The van der Waals surface area contributed by atoms with Gasteiger partial charge in [-0.1, -0.05) is 0 Å². The van der Waals surface area contributed by atoms with E-state index in [0.29, 0.717) is 12.6 Å². The first-order chi connectivity index (χ1) is 9.63. The normalized spacial score (nSPS) is 24.6. The van der Waals surface area contributed by atoms with Gasteiger partial charge in [0.05, 0.1) is 14.1 Å². The monoisotopic (exact) mass is 420 g/mol. The first-order valence-electron chi connectivity index (χ1n) is 7.08. The van der Waals surface area contributed by atoms with Crippen molar-refractivity contribution in [3.05, 3.63) is 19.2 Å². The molecule has 6 heteroatoms. The summed E-state index contributed by atoms with van der Waals surface area (Å²) in [5.41, 5.74) is 0.814. The van der Waals surface area contributed by atoms with Gasteiger partial charge in [-0.15, -0.1) is 11.3 Å². The molecule has 1 unspecified atom stereocenters. The first kappa shape index (κ1) is 15.2. The molecule has 3 heterocycles. The van der Waals surface area contributed by atoms with Crippen molar-refractivity contribution in [2.75, 3.05) is 32.7 Å². The minimum absolute atomic E-state index is 0.227. The Bertz CT molecular complexity index is 505. The number of nitrogens with zero attached hydrogens (tertiary/aromatic N) is 2. The lowest BCUT2D eigenvalue weighted by Gasteiger charge is -2.25. The van der Waals surface area contributed by atoms with E-state index >= 15 is 0 Å². The SMILES string of the molecule is O=C(CN1CCCN2CCCC2C1)c1cc(Br)sc1Br. The molecule has 1 atom stereocenters. The molecule has 0 amide bonds. The highest BCUT2D eigenvalue weighted by Gasteiger charge is 2.29. The standard InChI is InChI=1S/C14H18Br2N2OS/c15-13-7-11(14(16)20-13)12(19)9-17-4-2-6-18-5-1-3-10(18)8-17/h7,10H,1-6,8-9H2. The Morgan fingerprint density at radius 1 is 1.30 bits per heavy atom. The second-order valence-corrected chi connectivity index (χ2v) is 9.33. The molecule has 0 N–H and O–H groups in total. The highest BCUT2D eigenvalue weighted by Crippen LogP contribution is 2.32. The van der Waals surface area contributed by atoms with E-state index in [-0.39, 0.29) is 5.78 Å². The fourth-order valence-corrected chi connectivity index (χ4v) is 6.10. The lowest BCUT2D eigenvalue weighted by Crippen LogP contribution is -2.38. The largest absolute Gasteiger partial charge is 0.299 e. The van der Waals surface area contributed by atoms with Crippen LogP contribution in [0.1, 0.15) is 29.6 Å². The Hall–Kier alpha value is 0.250. The molecule has 3 rings (SSSR count). The number of hydrogen-bond donors (Lipinski definition) is 0. The van der Waals surface area contributed by atoms with Gasteiger partial charge >= 0.3 is 0 Å². The number of ketones is 1. The van der Waals surface area contributed by atoms with Gasteiger partial charge in [-0.05, 0) is 76.8 Å². The molecular weight excluding hydrogens is 404 g/mol. The van der Waals surface area contributed by atoms with Crippen molar-refractivity contribution in [3.8, 4) is 0 Å². The number of thiophene rings is 1. The summed E-state index contributed by atoms with van der Waals surface area (Å²) in [6.07, 6.45) is 3.78. The van der Waals surface area contributed by atoms with Crippen LogP contribution in [0, 0.1) is 0 Å². The van der Waals surface area contributed by atoms with Crippen molar-refractivity contribution in [1.82, 2.24) is 9.80 Å². The second kappa shape index (κ2) is 6.57. The Kier molecular flexibility index (Phi) is 4.98. The van der Waals surface area contributed by atoms with E-state index < -0.39 is 0 Å². The van der Waals surface area contributed by atoms with Crippen LogP contribution in [0.5, 0.6) is 0 Å². The van der Waals surface area contributed by atoms with E-state index in [1.54, 1.807) is 11.3 Å². The molecule has 2 aliphatic rings. The van der Waals surface area contributed by atoms with Crippen LogP contribution in [0.4, 0.5) is 0 Å². The zero-order chi connectivity index (χ0) is 14.1. The van der Waals surface area contributed by atoms with Crippen molar-refractivity contribution >= 4 is 49.0 Å². The van der Waals surface area contributed by atoms with Gasteiger partial charge in [0, 0.05) is 18.2 Å². The van der Waals surface area contributed by atoms with Crippen molar-refractivity contribution in [2.45, 2.75) is 25.3 Å². The first-order valence-corrected chi connectivity index (χ1v) is 9.48. The topological polar surface area (TPSA) is 23.6 Å². The summed E-state index contributed by atoms with van der Waals surface area (Å²) in [5, 5.41) is 0. The molecule has 2 fully saturated rings. The molecule has 0 bridgehead atoms. The number of hydrogen-bond acceptors (Lipinski definition) is 4. The highest BCUT2D eigenvalue weighted by molar-refractivity contribution is 9.12. The number of carbonyl (C=O) groups is 1. The summed E-state index contributed by atoms with van der Waals surface area (Å²) >= 11 is 8.49. The molecule has 2 saturated heterocycles. The number of halogens is 2. The van der Waals surface area contributed by atoms with Crippen LogP contribution < -0.4 is 0 Å². The highest BCUT2D eigenvalue weighted by atomic mass is 79.9. The average Bonchev–Trinajstić information content (AvgIpc) is 2.91. The van der Waals surface area contributed by atoms with Gasteiger partial charge in [0.1, 0.15) is 0 Å². The zero-order valence-electron chi connectivity index (χ0n) is 11.3. The number of rotatable bonds is 3. The minimum atomic E-state index is 0.227. The fraction of sp³-hybridized carbons (Fsp3) is 0.643. The van der Waals surface area contributed by atoms with E-state index in [1.807, 2.05) is 6.07 Å². The predicted molar refractivity (Wildman–Crippen MR) is 89.7 cm³/mol. The molecule has 0 radical (unpaired) electrons. The van der Waals surface area contributed by atoms with Crippen LogP contribution in [0.15, 0.2) is 13.6 Å². The maximum Gasteiger partial charge on any atom is 0.178 e. The van der Waals surface area contributed by atoms with Crippen molar-refractivity contribution in [2.24, 2.45) is 0 Å². The summed E-state index contributed by atoms with van der Waals surface area (Å²) in [6.45, 7) is 5.08. The molecule has 1 aromatic rings. The van der Waals surface area contributed by atoms with Gasteiger partial charge in [-0.25, -0.2) is 0 Å². The molecule has 3 nitrogen and oxygen atoms in total. The third-order valence-electron chi connectivity index (χ3n) is 4.21. The molecular formula is C14H18Br2N2OS. The Labute approximate surface area is 140 Å². The van der Waals surface area contributed by atoms with Crippen molar-refractivity contribution in [3.63, 3.8) is 0 Å². The number of fused-ring (bicyclic) bond motifs is 1. The molecule has 0 saturated carbocycles. The fourth-order valence-electron chi connectivity index (χ4n) is 3.25. The lowest BCUT2D eigenvalue weighted by molar-refractivity contribution is 0.0924. The van der Waals surface area contributed by atoms with Crippen LogP contribution in [0.3, 0.4) is 0 Å².